The molecule has 0 aliphatic heterocycles. The summed E-state index contributed by atoms with van der Waals surface area (Å²) >= 11 is 0. The number of nitrogens with zero attached hydrogens (tertiary/aromatic N) is 1. The number of aliphatic hydroxyl groups is 1. The van der Waals surface area contributed by atoms with E-state index in [0.29, 0.717) is 19.1 Å². The van der Waals surface area contributed by atoms with Crippen molar-refractivity contribution in [3.05, 3.63) is 11.6 Å². The van der Waals surface area contributed by atoms with Gasteiger partial charge in [0.25, 0.3) is 0 Å². The Morgan fingerprint density at radius 2 is 2.00 bits per heavy atom. The number of aliphatic hydroxyl groups excluding tert-OH is 1. The highest BCUT2D eigenvalue weighted by molar-refractivity contribution is 4.93. The largest absolute Gasteiger partial charge is 0.390 e. The molecular formula is C13H28N2O. The van der Waals surface area contributed by atoms with Crippen LogP contribution >= 0.6 is 0 Å². The lowest BCUT2D eigenvalue weighted by molar-refractivity contribution is 0.131. The number of rotatable bonds is 8. The van der Waals surface area contributed by atoms with Gasteiger partial charge in [-0.15, -0.1) is 0 Å². The first-order chi connectivity index (χ1) is 7.41. The maximum Gasteiger partial charge on any atom is 0.0791 e. The molecule has 2 N–H and O–H groups in total. The van der Waals surface area contributed by atoms with Crippen LogP contribution < -0.4 is 5.32 Å². The summed E-state index contributed by atoms with van der Waals surface area (Å²) in [7, 11) is 3.95. The Morgan fingerprint density at radius 1 is 1.38 bits per heavy atom. The Balaban J connectivity index is 3.56. The summed E-state index contributed by atoms with van der Waals surface area (Å²) in [5.41, 5.74) is 1.37. The van der Waals surface area contributed by atoms with Gasteiger partial charge in [0, 0.05) is 19.1 Å². The minimum atomic E-state index is -0.277. The molecule has 0 aromatic heterocycles. The van der Waals surface area contributed by atoms with E-state index in [2.05, 4.69) is 32.2 Å². The first-order valence-electron chi connectivity index (χ1n) is 6.11. The second kappa shape index (κ2) is 8.74. The fourth-order valence-electron chi connectivity index (χ4n) is 1.55. The highest BCUT2D eigenvalue weighted by Gasteiger charge is 2.07. The van der Waals surface area contributed by atoms with Gasteiger partial charge in [-0.05, 0) is 47.7 Å². The highest BCUT2D eigenvalue weighted by Crippen LogP contribution is 2.01. The molecule has 96 valence electrons. The molecule has 0 aliphatic rings. The van der Waals surface area contributed by atoms with Crippen LogP contribution in [-0.4, -0.2) is 49.3 Å². The normalized spacial score (nSPS) is 14.9. The van der Waals surface area contributed by atoms with Crippen LogP contribution in [0, 0.1) is 0 Å². The zero-order valence-corrected chi connectivity index (χ0v) is 11.5. The minimum absolute atomic E-state index is 0.277. The van der Waals surface area contributed by atoms with E-state index < -0.39 is 0 Å². The number of allylic oxidation sites excluding steroid dienone is 2. The van der Waals surface area contributed by atoms with Crippen LogP contribution in [0.25, 0.3) is 0 Å². The molecule has 2 atom stereocenters. The lowest BCUT2D eigenvalue weighted by Gasteiger charge is -2.19. The second-order valence-electron chi connectivity index (χ2n) is 5.08. The van der Waals surface area contributed by atoms with E-state index in [0.717, 1.165) is 12.8 Å². The molecule has 3 nitrogen and oxygen atoms in total. The molecule has 16 heavy (non-hydrogen) atoms. The molecule has 0 spiro atoms. The van der Waals surface area contributed by atoms with E-state index >= 15 is 0 Å². The summed E-state index contributed by atoms with van der Waals surface area (Å²) in [6.07, 6.45) is 4.22. The maximum absolute atomic E-state index is 9.67. The molecule has 3 heteroatoms. The Morgan fingerprint density at radius 3 is 2.50 bits per heavy atom. The third kappa shape index (κ3) is 10.1. The Labute approximate surface area is 101 Å². The van der Waals surface area contributed by atoms with Gasteiger partial charge in [-0.1, -0.05) is 11.6 Å². The van der Waals surface area contributed by atoms with E-state index in [-0.39, 0.29) is 6.10 Å². The molecule has 0 aromatic rings. The van der Waals surface area contributed by atoms with E-state index in [1.54, 1.807) is 0 Å². The van der Waals surface area contributed by atoms with Gasteiger partial charge in [-0.3, -0.25) is 0 Å². The molecule has 0 radical (unpaired) electrons. The van der Waals surface area contributed by atoms with Crippen LogP contribution in [0.5, 0.6) is 0 Å². The first-order valence-corrected chi connectivity index (χ1v) is 6.11. The summed E-state index contributed by atoms with van der Waals surface area (Å²) in [4.78, 5) is 2.00. The van der Waals surface area contributed by atoms with Crippen LogP contribution in [-0.2, 0) is 0 Å². The molecule has 0 rings (SSSR count). The SMILES string of the molecule is CC(C)=CCCC(C)NCC(O)CN(C)C. The van der Waals surface area contributed by atoms with Crippen molar-refractivity contribution in [2.45, 2.75) is 45.8 Å². The molecule has 0 aromatic carbocycles. The molecule has 0 bridgehead atoms. The monoisotopic (exact) mass is 228 g/mol. The van der Waals surface area contributed by atoms with E-state index in [4.69, 9.17) is 0 Å². The number of nitrogens with one attached hydrogen (secondary N) is 1. The van der Waals surface area contributed by atoms with Crippen LogP contribution in [0.1, 0.15) is 33.6 Å². The Kier molecular flexibility index (Phi) is 8.53. The molecule has 0 aliphatic carbocycles. The van der Waals surface area contributed by atoms with Gasteiger partial charge in [0.2, 0.25) is 0 Å². The van der Waals surface area contributed by atoms with Crippen LogP contribution in [0.15, 0.2) is 11.6 Å². The van der Waals surface area contributed by atoms with Gasteiger partial charge in [-0.25, -0.2) is 0 Å². The van der Waals surface area contributed by atoms with Crippen molar-refractivity contribution in [1.82, 2.24) is 10.2 Å². The lowest BCUT2D eigenvalue weighted by Crippen LogP contribution is -2.38. The van der Waals surface area contributed by atoms with E-state index in [9.17, 15) is 5.11 Å². The smallest absolute Gasteiger partial charge is 0.0791 e. The molecule has 0 heterocycles. The number of hydrogen-bond acceptors (Lipinski definition) is 3. The van der Waals surface area contributed by atoms with Gasteiger partial charge in [0.1, 0.15) is 0 Å². The Hall–Kier alpha value is -0.380. The minimum Gasteiger partial charge on any atom is -0.390 e. The summed E-state index contributed by atoms with van der Waals surface area (Å²) in [6.45, 7) is 7.81. The predicted octanol–water partition coefficient (Wildman–Crippen LogP) is 1.63. The average molecular weight is 228 g/mol. The lowest BCUT2D eigenvalue weighted by atomic mass is 10.1. The zero-order chi connectivity index (χ0) is 12.6. The zero-order valence-electron chi connectivity index (χ0n) is 11.5. The van der Waals surface area contributed by atoms with E-state index in [1.165, 1.54) is 5.57 Å². The summed E-state index contributed by atoms with van der Waals surface area (Å²) < 4.78 is 0. The van der Waals surface area contributed by atoms with Crippen LogP contribution in [0.2, 0.25) is 0 Å². The fraction of sp³-hybridized carbons (Fsp3) is 0.846. The molecule has 2 unspecified atom stereocenters. The van der Waals surface area contributed by atoms with Crippen LogP contribution in [0.3, 0.4) is 0 Å². The van der Waals surface area contributed by atoms with Gasteiger partial charge in [0.15, 0.2) is 0 Å². The third-order valence-corrected chi connectivity index (χ3v) is 2.43. The van der Waals surface area contributed by atoms with Crippen molar-refractivity contribution in [2.75, 3.05) is 27.2 Å². The summed E-state index contributed by atoms with van der Waals surface area (Å²) in [6, 6.07) is 0.465. The predicted molar refractivity (Wildman–Crippen MR) is 70.7 cm³/mol. The molecular weight excluding hydrogens is 200 g/mol. The van der Waals surface area contributed by atoms with Gasteiger partial charge in [0.05, 0.1) is 6.10 Å². The van der Waals surface area contributed by atoms with Crippen molar-refractivity contribution < 1.29 is 5.11 Å². The van der Waals surface area contributed by atoms with Crippen molar-refractivity contribution in [2.24, 2.45) is 0 Å². The van der Waals surface area contributed by atoms with Gasteiger partial charge >= 0.3 is 0 Å². The molecule has 0 saturated carbocycles. The Bertz CT molecular complexity index is 198. The highest BCUT2D eigenvalue weighted by atomic mass is 16.3. The van der Waals surface area contributed by atoms with E-state index in [1.807, 2.05) is 19.0 Å². The summed E-state index contributed by atoms with van der Waals surface area (Å²) in [5, 5.41) is 13.0. The fourth-order valence-corrected chi connectivity index (χ4v) is 1.55. The first kappa shape index (κ1) is 15.6. The van der Waals surface area contributed by atoms with Crippen molar-refractivity contribution >= 4 is 0 Å². The molecule has 0 amide bonds. The third-order valence-electron chi connectivity index (χ3n) is 2.43. The van der Waals surface area contributed by atoms with Crippen molar-refractivity contribution in [1.29, 1.82) is 0 Å². The van der Waals surface area contributed by atoms with Gasteiger partial charge in [-0.2, -0.15) is 0 Å². The second-order valence-corrected chi connectivity index (χ2v) is 5.08. The van der Waals surface area contributed by atoms with Crippen LogP contribution in [0.4, 0.5) is 0 Å². The quantitative estimate of drug-likeness (QED) is 0.620. The molecule has 0 fully saturated rings. The average Bonchev–Trinajstić information content (AvgIpc) is 2.13. The van der Waals surface area contributed by atoms with Gasteiger partial charge < -0.3 is 15.3 Å². The maximum atomic E-state index is 9.67. The summed E-state index contributed by atoms with van der Waals surface area (Å²) in [5.74, 6) is 0. The van der Waals surface area contributed by atoms with Crippen molar-refractivity contribution in [3.63, 3.8) is 0 Å². The van der Waals surface area contributed by atoms with Crippen molar-refractivity contribution in [3.8, 4) is 0 Å². The molecule has 0 saturated heterocycles. The standard InChI is InChI=1S/C13H28N2O/c1-11(2)7-6-8-12(3)14-9-13(16)10-15(4)5/h7,12-14,16H,6,8-10H2,1-5H3. The number of hydrogen-bond donors (Lipinski definition) is 2. The topological polar surface area (TPSA) is 35.5 Å². The number of likely N-dealkylation sites (N-methyl/N-ethyl adjacent to an activating group) is 1.